The van der Waals surface area contributed by atoms with Crippen molar-refractivity contribution in [1.82, 2.24) is 9.29 Å². The van der Waals surface area contributed by atoms with Crippen LogP contribution in [-0.2, 0) is 14.8 Å². The normalized spacial score (nSPS) is 16.9. The van der Waals surface area contributed by atoms with Crippen LogP contribution in [0.1, 0.15) is 28.1 Å². The van der Waals surface area contributed by atoms with Crippen molar-refractivity contribution >= 4 is 38.2 Å². The number of thiazole rings is 1. The van der Waals surface area contributed by atoms with E-state index in [1.165, 1.54) is 4.31 Å². The number of benzene rings is 2. The third-order valence-electron chi connectivity index (χ3n) is 5.08. The van der Waals surface area contributed by atoms with Gasteiger partial charge in [-0.1, -0.05) is 72.0 Å². The van der Waals surface area contributed by atoms with Crippen molar-refractivity contribution < 1.29 is 18.0 Å². The van der Waals surface area contributed by atoms with Gasteiger partial charge in [0, 0.05) is 17.7 Å². The van der Waals surface area contributed by atoms with E-state index in [9.17, 15) is 18.0 Å². The Morgan fingerprint density at radius 1 is 1.06 bits per heavy atom. The van der Waals surface area contributed by atoms with Gasteiger partial charge in [0.25, 0.3) is 0 Å². The van der Waals surface area contributed by atoms with Crippen LogP contribution in [-0.4, -0.2) is 48.2 Å². The second-order valence-corrected chi connectivity index (χ2v) is 10.2. The molecular weight excluding hydrogens is 434 g/mol. The van der Waals surface area contributed by atoms with Gasteiger partial charge in [-0.2, -0.15) is 4.31 Å². The first-order valence-electron chi connectivity index (χ1n) is 9.78. The van der Waals surface area contributed by atoms with E-state index in [0.29, 0.717) is 35.5 Å². The molecule has 1 atom stereocenters. The molecule has 3 aromatic rings. The first kappa shape index (κ1) is 21.4. The molecule has 1 amide bonds. The summed E-state index contributed by atoms with van der Waals surface area (Å²) in [7, 11) is -3.48. The van der Waals surface area contributed by atoms with Gasteiger partial charge in [-0.3, -0.25) is 9.59 Å². The zero-order valence-electron chi connectivity index (χ0n) is 16.8. The maximum absolute atomic E-state index is 13.1. The second kappa shape index (κ2) is 8.70. The predicted octanol–water partition coefficient (Wildman–Crippen LogP) is 3.40. The van der Waals surface area contributed by atoms with Gasteiger partial charge < -0.3 is 5.32 Å². The van der Waals surface area contributed by atoms with Crippen LogP contribution in [0.5, 0.6) is 0 Å². The van der Waals surface area contributed by atoms with Crippen molar-refractivity contribution in [1.29, 1.82) is 0 Å². The summed E-state index contributed by atoms with van der Waals surface area (Å²) >= 11 is 1.09. The van der Waals surface area contributed by atoms with Crippen LogP contribution in [0.4, 0.5) is 5.13 Å². The van der Waals surface area contributed by atoms with Gasteiger partial charge in [0.1, 0.15) is 10.9 Å². The molecule has 2 heterocycles. The maximum Gasteiger partial charge on any atom is 0.244 e. The van der Waals surface area contributed by atoms with E-state index < -0.39 is 22.0 Å². The summed E-state index contributed by atoms with van der Waals surface area (Å²) in [4.78, 5) is 30.9. The highest BCUT2D eigenvalue weighted by Gasteiger charge is 2.37. The van der Waals surface area contributed by atoms with E-state index in [4.69, 9.17) is 0 Å². The number of sulfonamides is 1. The summed E-state index contributed by atoms with van der Waals surface area (Å²) in [6.45, 7) is 0.321. The van der Waals surface area contributed by atoms with Crippen molar-refractivity contribution in [2.75, 3.05) is 18.1 Å². The average molecular weight is 456 g/mol. The number of aromatic nitrogens is 1. The number of carbonyl (C=O) groups excluding carboxylic acids is 2. The highest BCUT2D eigenvalue weighted by molar-refractivity contribution is 7.88. The monoisotopic (exact) mass is 455 g/mol. The number of anilines is 1. The van der Waals surface area contributed by atoms with E-state index >= 15 is 0 Å². The summed E-state index contributed by atoms with van der Waals surface area (Å²) in [5, 5.41) is 3.00. The Balaban J connectivity index is 1.67. The summed E-state index contributed by atoms with van der Waals surface area (Å²) in [5.41, 5.74) is 1.78. The molecule has 7 nitrogen and oxygen atoms in total. The predicted molar refractivity (Wildman–Crippen MR) is 121 cm³/mol. The smallest absolute Gasteiger partial charge is 0.244 e. The minimum Gasteiger partial charge on any atom is -0.301 e. The van der Waals surface area contributed by atoms with Gasteiger partial charge in [-0.05, 0) is 12.8 Å². The largest absolute Gasteiger partial charge is 0.301 e. The van der Waals surface area contributed by atoms with Crippen molar-refractivity contribution in [3.05, 3.63) is 71.1 Å². The lowest BCUT2D eigenvalue weighted by atomic mass is 10.1. The molecule has 1 N–H and O–H groups in total. The Kier molecular flexibility index (Phi) is 5.99. The van der Waals surface area contributed by atoms with Crippen LogP contribution in [0.2, 0.25) is 0 Å². The topological polar surface area (TPSA) is 96.4 Å². The number of rotatable bonds is 6. The number of nitrogens with zero attached hydrogens (tertiary/aromatic N) is 2. The van der Waals surface area contributed by atoms with Crippen molar-refractivity contribution in [3.63, 3.8) is 0 Å². The van der Waals surface area contributed by atoms with Gasteiger partial charge in [-0.15, -0.1) is 0 Å². The zero-order valence-corrected chi connectivity index (χ0v) is 18.4. The molecule has 31 heavy (non-hydrogen) atoms. The van der Waals surface area contributed by atoms with Gasteiger partial charge in [0.15, 0.2) is 5.13 Å². The molecule has 9 heteroatoms. The number of carbonyl (C=O) groups is 2. The van der Waals surface area contributed by atoms with Gasteiger partial charge in [0.05, 0.1) is 11.9 Å². The molecular formula is C22H21N3O4S2. The van der Waals surface area contributed by atoms with Gasteiger partial charge in [-0.25, -0.2) is 13.4 Å². The molecule has 0 radical (unpaired) electrons. The van der Waals surface area contributed by atoms with Crippen LogP contribution in [0.3, 0.4) is 0 Å². The number of nitrogens with one attached hydrogen (secondary N) is 1. The highest BCUT2D eigenvalue weighted by Crippen LogP contribution is 2.33. The quantitative estimate of drug-likeness (QED) is 0.575. The summed E-state index contributed by atoms with van der Waals surface area (Å²) in [6, 6.07) is 17.4. The van der Waals surface area contributed by atoms with Crippen LogP contribution in [0, 0.1) is 0 Å². The number of ketones is 1. The molecule has 1 aliphatic rings. The minimum absolute atomic E-state index is 0.184. The molecule has 0 aliphatic carbocycles. The Morgan fingerprint density at radius 3 is 2.35 bits per heavy atom. The van der Waals surface area contributed by atoms with Crippen LogP contribution in [0.25, 0.3) is 11.3 Å². The van der Waals surface area contributed by atoms with E-state index in [1.54, 1.807) is 24.3 Å². The second-order valence-electron chi connectivity index (χ2n) is 7.28. The Labute approximate surface area is 184 Å². The molecule has 1 saturated heterocycles. The van der Waals surface area contributed by atoms with Gasteiger partial charge >= 0.3 is 0 Å². The molecule has 1 fully saturated rings. The average Bonchev–Trinajstić information content (AvgIpc) is 3.42. The number of amides is 1. The van der Waals surface area contributed by atoms with Crippen molar-refractivity contribution in [3.8, 4) is 11.3 Å². The van der Waals surface area contributed by atoms with E-state index in [0.717, 1.165) is 23.2 Å². The van der Waals surface area contributed by atoms with Gasteiger partial charge in [0.2, 0.25) is 21.7 Å². The number of hydrogen-bond acceptors (Lipinski definition) is 6. The van der Waals surface area contributed by atoms with Crippen molar-refractivity contribution in [2.45, 2.75) is 18.9 Å². The van der Waals surface area contributed by atoms with Crippen LogP contribution < -0.4 is 5.32 Å². The standard InChI is InChI=1S/C22H21N3O4S2/c1-31(28,29)25-14-8-13-17(25)21(27)24-22-23-18(15-9-4-2-5-10-15)20(30-22)19(26)16-11-6-3-7-12-16/h2-7,9-12,17H,8,13-14H2,1H3,(H,23,24,27). The third kappa shape index (κ3) is 4.58. The number of hydrogen-bond donors (Lipinski definition) is 1. The lowest BCUT2D eigenvalue weighted by molar-refractivity contribution is -0.119. The Hall–Kier alpha value is -2.88. The van der Waals surface area contributed by atoms with Crippen molar-refractivity contribution in [2.24, 2.45) is 0 Å². The van der Waals surface area contributed by atoms with E-state index in [2.05, 4.69) is 10.3 Å². The molecule has 4 rings (SSSR count). The summed E-state index contributed by atoms with van der Waals surface area (Å²) in [5.74, 6) is -0.619. The van der Waals surface area contributed by atoms with E-state index in [1.807, 2.05) is 36.4 Å². The minimum atomic E-state index is -3.48. The molecule has 1 aliphatic heterocycles. The first-order chi connectivity index (χ1) is 14.8. The molecule has 1 unspecified atom stereocenters. The van der Waals surface area contributed by atoms with E-state index in [-0.39, 0.29) is 10.9 Å². The maximum atomic E-state index is 13.1. The molecule has 0 bridgehead atoms. The fourth-order valence-electron chi connectivity index (χ4n) is 3.63. The van der Waals surface area contributed by atoms with Crippen LogP contribution >= 0.6 is 11.3 Å². The fourth-order valence-corrected chi connectivity index (χ4v) is 5.70. The molecule has 2 aromatic carbocycles. The Morgan fingerprint density at radius 2 is 1.71 bits per heavy atom. The lowest BCUT2D eigenvalue weighted by Crippen LogP contribution is -2.42. The first-order valence-corrected chi connectivity index (χ1v) is 12.4. The SMILES string of the molecule is CS(=O)(=O)N1CCCC1C(=O)Nc1nc(-c2ccccc2)c(C(=O)c2ccccc2)s1. The summed E-state index contributed by atoms with van der Waals surface area (Å²) < 4.78 is 25.2. The molecule has 1 aromatic heterocycles. The lowest BCUT2D eigenvalue weighted by Gasteiger charge is -2.20. The Bertz CT molecular complexity index is 1210. The fraction of sp³-hybridized carbons (Fsp3) is 0.227. The third-order valence-corrected chi connectivity index (χ3v) is 7.34. The molecule has 0 saturated carbocycles. The highest BCUT2D eigenvalue weighted by atomic mass is 32.2. The summed E-state index contributed by atoms with van der Waals surface area (Å²) in [6.07, 6.45) is 2.17. The zero-order chi connectivity index (χ0) is 22.0. The molecule has 0 spiro atoms. The van der Waals surface area contributed by atoms with Crippen LogP contribution in [0.15, 0.2) is 60.7 Å². The molecule has 160 valence electrons.